The fourth-order valence-electron chi connectivity index (χ4n) is 1.42. The highest BCUT2D eigenvalue weighted by Gasteiger charge is 2.24. The third kappa shape index (κ3) is 3.12. The number of hydrogen-bond acceptors (Lipinski definition) is 5. The van der Waals surface area contributed by atoms with Crippen LogP contribution in [0.25, 0.3) is 0 Å². The van der Waals surface area contributed by atoms with E-state index in [2.05, 4.69) is 0 Å². The third-order valence-corrected chi connectivity index (χ3v) is 3.82. The molecular formula is C11H19N3O3S. The summed E-state index contributed by atoms with van der Waals surface area (Å²) in [7, 11) is -2.05. The molecule has 0 aliphatic heterocycles. The zero-order valence-electron chi connectivity index (χ0n) is 10.7. The maximum atomic E-state index is 11.3. The first-order valence-corrected chi connectivity index (χ1v) is 6.90. The first-order valence-electron chi connectivity index (χ1n) is 5.36. The Labute approximate surface area is 107 Å². The number of rotatable bonds is 4. The van der Waals surface area contributed by atoms with Crippen LogP contribution in [0.15, 0.2) is 23.1 Å². The number of benzene rings is 1. The van der Waals surface area contributed by atoms with Crippen LogP contribution in [0.1, 0.15) is 13.8 Å². The van der Waals surface area contributed by atoms with Crippen molar-refractivity contribution < 1.29 is 13.5 Å². The minimum absolute atomic E-state index is 0.0434. The monoisotopic (exact) mass is 273 g/mol. The Morgan fingerprint density at radius 1 is 1.33 bits per heavy atom. The van der Waals surface area contributed by atoms with E-state index in [0.29, 0.717) is 11.4 Å². The smallest absolute Gasteiger partial charge is 0.238 e. The average Bonchev–Trinajstić information content (AvgIpc) is 2.26. The lowest BCUT2D eigenvalue weighted by Crippen LogP contribution is -2.44. The van der Waals surface area contributed by atoms with E-state index < -0.39 is 15.6 Å². The first-order chi connectivity index (χ1) is 8.08. The molecule has 0 saturated carbocycles. The summed E-state index contributed by atoms with van der Waals surface area (Å²) in [6.07, 6.45) is 0. The lowest BCUT2D eigenvalue weighted by molar-refractivity contribution is 0.216. The Morgan fingerprint density at radius 3 is 2.33 bits per heavy atom. The minimum Gasteiger partial charge on any atom is -0.399 e. The van der Waals surface area contributed by atoms with Gasteiger partial charge in [0.25, 0.3) is 0 Å². The van der Waals surface area contributed by atoms with Crippen molar-refractivity contribution in [2.45, 2.75) is 24.3 Å². The molecule has 5 N–H and O–H groups in total. The number of hydrogen-bond donors (Lipinski definition) is 3. The normalized spacial score (nSPS) is 12.5. The molecule has 1 rings (SSSR count). The summed E-state index contributed by atoms with van der Waals surface area (Å²) in [5.41, 5.74) is 6.02. The van der Waals surface area contributed by atoms with E-state index in [1.807, 2.05) is 13.8 Å². The fraction of sp³-hybridized carbons (Fsp3) is 0.455. The van der Waals surface area contributed by atoms with Gasteiger partial charge in [-0.05, 0) is 32.0 Å². The third-order valence-electron chi connectivity index (χ3n) is 2.92. The number of likely N-dealkylation sites (N-methyl/N-ethyl adjacent to an activating group) is 1. The van der Waals surface area contributed by atoms with Gasteiger partial charge in [-0.25, -0.2) is 13.6 Å². The summed E-state index contributed by atoms with van der Waals surface area (Å²) in [6, 6.07) is 4.37. The summed E-state index contributed by atoms with van der Waals surface area (Å²) in [5, 5.41) is 14.4. The van der Waals surface area contributed by atoms with Crippen LogP contribution in [0.4, 0.5) is 11.4 Å². The van der Waals surface area contributed by atoms with Crippen molar-refractivity contribution in [3.63, 3.8) is 0 Å². The van der Waals surface area contributed by atoms with E-state index in [1.54, 1.807) is 18.0 Å². The van der Waals surface area contributed by atoms with Gasteiger partial charge in [0.15, 0.2) is 0 Å². The van der Waals surface area contributed by atoms with Gasteiger partial charge >= 0.3 is 0 Å². The van der Waals surface area contributed by atoms with Crippen molar-refractivity contribution in [3.05, 3.63) is 18.2 Å². The van der Waals surface area contributed by atoms with Gasteiger partial charge in [0.05, 0.1) is 17.0 Å². The Hall–Kier alpha value is -1.31. The Kier molecular flexibility index (Phi) is 3.89. The molecule has 0 aliphatic rings. The number of nitrogens with two attached hydrogens (primary N) is 2. The van der Waals surface area contributed by atoms with Crippen molar-refractivity contribution in [3.8, 4) is 0 Å². The van der Waals surface area contributed by atoms with E-state index in [1.165, 1.54) is 12.1 Å². The number of nitrogens with zero attached hydrogens (tertiary/aromatic N) is 1. The Morgan fingerprint density at radius 2 is 1.89 bits per heavy atom. The van der Waals surface area contributed by atoms with Crippen LogP contribution < -0.4 is 15.8 Å². The molecule has 0 heterocycles. The maximum absolute atomic E-state index is 11.3. The van der Waals surface area contributed by atoms with Crippen LogP contribution >= 0.6 is 0 Å². The van der Waals surface area contributed by atoms with Gasteiger partial charge in [0, 0.05) is 18.4 Å². The zero-order valence-corrected chi connectivity index (χ0v) is 11.5. The highest BCUT2D eigenvalue weighted by atomic mass is 32.2. The highest BCUT2D eigenvalue weighted by molar-refractivity contribution is 7.89. The molecule has 0 radical (unpaired) electrons. The van der Waals surface area contributed by atoms with Crippen LogP contribution in [-0.2, 0) is 10.0 Å². The van der Waals surface area contributed by atoms with Crippen molar-refractivity contribution in [1.82, 2.24) is 0 Å². The van der Waals surface area contributed by atoms with E-state index in [0.717, 1.165) is 0 Å². The van der Waals surface area contributed by atoms with Crippen LogP contribution in [0.2, 0.25) is 0 Å². The van der Waals surface area contributed by atoms with E-state index in [4.69, 9.17) is 10.9 Å². The predicted molar refractivity (Wildman–Crippen MR) is 71.8 cm³/mol. The standard InChI is InChI=1S/C11H19N3O3S/c1-11(2,7-15)14(3)9-4-8(12)5-10(6-9)18(13,16)17/h4-6,15H,7,12H2,1-3H3,(H2,13,16,17). The molecule has 0 fully saturated rings. The second-order valence-electron chi connectivity index (χ2n) is 4.83. The molecule has 0 amide bonds. The predicted octanol–water partition coefficient (Wildman–Crippen LogP) is 0.123. The average molecular weight is 273 g/mol. The zero-order chi connectivity index (χ0) is 14.1. The van der Waals surface area contributed by atoms with Crippen molar-refractivity contribution in [2.24, 2.45) is 5.14 Å². The van der Waals surface area contributed by atoms with Gasteiger partial charge in [0.1, 0.15) is 0 Å². The largest absolute Gasteiger partial charge is 0.399 e. The van der Waals surface area contributed by atoms with Gasteiger partial charge in [-0.1, -0.05) is 0 Å². The first kappa shape index (κ1) is 14.7. The van der Waals surface area contributed by atoms with Crippen molar-refractivity contribution in [1.29, 1.82) is 0 Å². The molecule has 0 atom stereocenters. The summed E-state index contributed by atoms with van der Waals surface area (Å²) >= 11 is 0. The fourth-order valence-corrected chi connectivity index (χ4v) is 2.00. The Balaban J connectivity index is 3.31. The number of sulfonamides is 1. The molecule has 0 aliphatic carbocycles. The van der Waals surface area contributed by atoms with Gasteiger partial charge in [0.2, 0.25) is 10.0 Å². The topological polar surface area (TPSA) is 110 Å². The van der Waals surface area contributed by atoms with Crippen LogP contribution in [0.3, 0.4) is 0 Å². The summed E-state index contributed by atoms with van der Waals surface area (Å²) in [4.78, 5) is 1.70. The quantitative estimate of drug-likeness (QED) is 0.675. The van der Waals surface area contributed by atoms with Crippen LogP contribution in [-0.4, -0.2) is 32.7 Å². The molecule has 0 bridgehead atoms. The molecule has 18 heavy (non-hydrogen) atoms. The minimum atomic E-state index is -3.80. The van der Waals surface area contributed by atoms with Crippen LogP contribution in [0.5, 0.6) is 0 Å². The molecule has 102 valence electrons. The summed E-state index contributed by atoms with van der Waals surface area (Å²) < 4.78 is 22.7. The number of nitrogen functional groups attached to an aromatic ring is 1. The molecule has 0 spiro atoms. The molecule has 1 aromatic carbocycles. The lowest BCUT2D eigenvalue weighted by atomic mass is 10.0. The van der Waals surface area contributed by atoms with Crippen molar-refractivity contribution in [2.75, 3.05) is 24.3 Å². The van der Waals surface area contributed by atoms with Gasteiger partial charge < -0.3 is 15.7 Å². The van der Waals surface area contributed by atoms with E-state index in [9.17, 15) is 13.5 Å². The number of anilines is 2. The van der Waals surface area contributed by atoms with E-state index in [-0.39, 0.29) is 11.5 Å². The molecule has 6 nitrogen and oxygen atoms in total. The summed E-state index contributed by atoms with van der Waals surface area (Å²) in [6.45, 7) is 3.57. The number of primary sulfonamides is 1. The highest BCUT2D eigenvalue weighted by Crippen LogP contribution is 2.27. The Bertz CT molecular complexity index is 540. The molecular weight excluding hydrogens is 254 g/mol. The molecule has 0 aromatic heterocycles. The van der Waals surface area contributed by atoms with Crippen molar-refractivity contribution >= 4 is 21.4 Å². The second-order valence-corrected chi connectivity index (χ2v) is 6.40. The molecule has 0 unspecified atom stereocenters. The van der Waals surface area contributed by atoms with Crippen LogP contribution in [0, 0.1) is 0 Å². The number of aliphatic hydroxyl groups is 1. The van der Waals surface area contributed by atoms with Gasteiger partial charge in [-0.3, -0.25) is 0 Å². The van der Waals surface area contributed by atoms with E-state index >= 15 is 0 Å². The number of aliphatic hydroxyl groups excluding tert-OH is 1. The van der Waals surface area contributed by atoms with Gasteiger partial charge in [-0.2, -0.15) is 0 Å². The van der Waals surface area contributed by atoms with Gasteiger partial charge in [-0.15, -0.1) is 0 Å². The molecule has 0 saturated heterocycles. The molecule has 1 aromatic rings. The maximum Gasteiger partial charge on any atom is 0.238 e. The summed E-state index contributed by atoms with van der Waals surface area (Å²) in [5.74, 6) is 0. The lowest BCUT2D eigenvalue weighted by Gasteiger charge is -2.36. The molecule has 7 heteroatoms. The second kappa shape index (κ2) is 4.75. The SMILES string of the molecule is CN(c1cc(N)cc(S(N)(=O)=O)c1)C(C)(C)CO.